The fourth-order valence-electron chi connectivity index (χ4n) is 1.72. The molecule has 0 aliphatic heterocycles. The van der Waals surface area contributed by atoms with Crippen LogP contribution in [0, 0.1) is 0 Å². The van der Waals surface area contributed by atoms with E-state index in [2.05, 4.69) is 13.5 Å². The Morgan fingerprint density at radius 3 is 2.90 bits per heavy atom. The number of nitrogens with one attached hydrogen (secondary N) is 1. The van der Waals surface area contributed by atoms with Crippen LogP contribution in [0.1, 0.15) is 6.42 Å². The summed E-state index contributed by atoms with van der Waals surface area (Å²) in [6.45, 7) is 0.127. The summed E-state index contributed by atoms with van der Waals surface area (Å²) in [6.07, 6.45) is 0.0242. The van der Waals surface area contributed by atoms with Crippen LogP contribution in [0.2, 0.25) is 0 Å². The van der Waals surface area contributed by atoms with Gasteiger partial charge in [0.15, 0.2) is 0 Å². The Morgan fingerprint density at radius 2 is 2.24 bits per heavy atom. The second kappa shape index (κ2) is 6.43. The Morgan fingerprint density at radius 1 is 1.48 bits per heavy atom. The Kier molecular flexibility index (Phi) is 4.83. The number of sulfonamides is 1. The number of carbonyl (C=O) groups is 1. The molecule has 1 unspecified atom stereocenters. The largest absolute Gasteiger partial charge is 0.480 e. The van der Waals surface area contributed by atoms with Crippen LogP contribution in [0.3, 0.4) is 0 Å². The van der Waals surface area contributed by atoms with Crippen LogP contribution in [0.25, 0.3) is 11.0 Å². The highest BCUT2D eigenvalue weighted by Gasteiger charge is 2.27. The van der Waals surface area contributed by atoms with E-state index in [1.807, 2.05) is 0 Å². The molecule has 0 saturated heterocycles. The molecule has 0 amide bonds. The monoisotopic (exact) mass is 331 g/mol. The molecule has 0 spiro atoms. The van der Waals surface area contributed by atoms with Crippen molar-refractivity contribution in [2.45, 2.75) is 17.4 Å². The summed E-state index contributed by atoms with van der Waals surface area (Å²) < 4.78 is 39.5. The van der Waals surface area contributed by atoms with Crippen LogP contribution < -0.4 is 4.72 Å². The van der Waals surface area contributed by atoms with Gasteiger partial charge in [-0.15, -0.1) is 0 Å². The maximum atomic E-state index is 12.3. The molecule has 0 aliphatic carbocycles. The zero-order chi connectivity index (χ0) is 15.5. The maximum absolute atomic E-state index is 12.3. The zero-order valence-corrected chi connectivity index (χ0v) is 12.6. The van der Waals surface area contributed by atoms with Crippen molar-refractivity contribution in [3.05, 3.63) is 18.2 Å². The molecule has 8 nitrogen and oxygen atoms in total. The summed E-state index contributed by atoms with van der Waals surface area (Å²) >= 11 is 0.894. The van der Waals surface area contributed by atoms with Crippen molar-refractivity contribution in [3.63, 3.8) is 0 Å². The van der Waals surface area contributed by atoms with Crippen LogP contribution in [0.5, 0.6) is 0 Å². The summed E-state index contributed by atoms with van der Waals surface area (Å²) in [5.74, 6) is -1.26. The van der Waals surface area contributed by atoms with E-state index in [0.717, 1.165) is 11.7 Å². The summed E-state index contributed by atoms with van der Waals surface area (Å²) in [5, 5.41) is 9.07. The first-order valence-corrected chi connectivity index (χ1v) is 8.12. The second-order valence-corrected chi connectivity index (χ2v) is 6.39. The van der Waals surface area contributed by atoms with Gasteiger partial charge in [-0.3, -0.25) is 4.79 Å². The number of carboxylic acid groups (broad SMARTS) is 1. The molecule has 1 heterocycles. The van der Waals surface area contributed by atoms with Crippen LogP contribution in [-0.4, -0.2) is 48.0 Å². The quantitative estimate of drug-likeness (QED) is 0.756. The molecule has 1 aromatic carbocycles. The van der Waals surface area contributed by atoms with E-state index in [1.54, 1.807) is 6.07 Å². The predicted octanol–water partition coefficient (Wildman–Crippen LogP) is 0.459. The van der Waals surface area contributed by atoms with Gasteiger partial charge < -0.3 is 9.84 Å². The van der Waals surface area contributed by atoms with E-state index >= 15 is 0 Å². The van der Waals surface area contributed by atoms with Crippen molar-refractivity contribution in [1.82, 2.24) is 13.5 Å². The average Bonchev–Trinajstić information content (AvgIpc) is 2.91. The molecule has 0 fully saturated rings. The van der Waals surface area contributed by atoms with Gasteiger partial charge in [-0.2, -0.15) is 13.5 Å². The molecule has 0 saturated carbocycles. The lowest BCUT2D eigenvalue weighted by Crippen LogP contribution is -2.41. The number of hydrogen-bond donors (Lipinski definition) is 2. The molecular weight excluding hydrogens is 318 g/mol. The van der Waals surface area contributed by atoms with Gasteiger partial charge in [0.2, 0.25) is 10.0 Å². The minimum absolute atomic E-state index is 0.0242. The number of hydrogen-bond acceptors (Lipinski definition) is 7. The third-order valence-electron chi connectivity index (χ3n) is 2.74. The minimum atomic E-state index is -4.01. The van der Waals surface area contributed by atoms with Crippen molar-refractivity contribution in [2.24, 2.45) is 0 Å². The molecule has 0 radical (unpaired) electrons. The van der Waals surface area contributed by atoms with Gasteiger partial charge in [-0.25, -0.2) is 8.42 Å². The van der Waals surface area contributed by atoms with Gasteiger partial charge >= 0.3 is 5.97 Å². The Labute approximate surface area is 125 Å². The predicted molar refractivity (Wildman–Crippen MR) is 75.7 cm³/mol. The average molecular weight is 331 g/mol. The molecule has 114 valence electrons. The van der Waals surface area contributed by atoms with E-state index in [4.69, 9.17) is 9.84 Å². The first-order chi connectivity index (χ1) is 9.95. The number of methoxy groups -OCH3 is 1. The first-order valence-electron chi connectivity index (χ1n) is 5.91. The molecule has 1 aromatic heterocycles. The lowest BCUT2D eigenvalue weighted by atomic mass is 10.2. The standard InChI is InChI=1S/C11H13N3O5S2/c1-19-6-5-8(11(15)16)14-21(17,18)9-4-2-3-7-10(9)13-20-12-7/h2-4,8,14H,5-6H2,1H3,(H,15,16). The minimum Gasteiger partial charge on any atom is -0.480 e. The van der Waals surface area contributed by atoms with Gasteiger partial charge in [-0.05, 0) is 18.6 Å². The SMILES string of the molecule is COCCC(NS(=O)(=O)c1cccc2nsnc12)C(=O)O. The topological polar surface area (TPSA) is 118 Å². The number of aromatic nitrogens is 2. The van der Waals surface area contributed by atoms with E-state index in [0.29, 0.717) is 5.52 Å². The van der Waals surface area contributed by atoms with Crippen LogP contribution >= 0.6 is 11.7 Å². The highest BCUT2D eigenvalue weighted by molar-refractivity contribution is 7.89. The Balaban J connectivity index is 2.33. The molecule has 0 aliphatic rings. The Hall–Kier alpha value is -1.62. The molecule has 21 heavy (non-hydrogen) atoms. The molecular formula is C11H13N3O5S2. The van der Waals surface area contributed by atoms with Gasteiger partial charge in [0.1, 0.15) is 22.0 Å². The number of ether oxygens (including phenoxy) is 1. The van der Waals surface area contributed by atoms with Gasteiger partial charge in [0, 0.05) is 13.7 Å². The number of nitrogens with zero attached hydrogens (tertiary/aromatic N) is 2. The molecule has 2 aromatic rings. The molecule has 1 atom stereocenters. The summed E-state index contributed by atoms with van der Waals surface area (Å²) in [5.41, 5.74) is 0.678. The van der Waals surface area contributed by atoms with Gasteiger partial charge in [-0.1, -0.05) is 6.07 Å². The highest BCUT2D eigenvalue weighted by Crippen LogP contribution is 2.21. The lowest BCUT2D eigenvalue weighted by Gasteiger charge is -2.14. The molecule has 2 N–H and O–H groups in total. The van der Waals surface area contributed by atoms with E-state index in [9.17, 15) is 13.2 Å². The van der Waals surface area contributed by atoms with Crippen molar-refractivity contribution in [2.75, 3.05) is 13.7 Å². The van der Waals surface area contributed by atoms with Crippen molar-refractivity contribution in [3.8, 4) is 0 Å². The number of aliphatic carboxylic acids is 1. The molecule has 10 heteroatoms. The summed E-state index contributed by atoms with van der Waals surface area (Å²) in [6, 6.07) is 3.26. The molecule has 2 rings (SSSR count). The van der Waals surface area contributed by atoms with Crippen LogP contribution in [0.4, 0.5) is 0 Å². The third kappa shape index (κ3) is 3.53. The summed E-state index contributed by atoms with van der Waals surface area (Å²) in [7, 11) is -2.60. The first kappa shape index (κ1) is 15.8. The number of rotatable bonds is 7. The van der Waals surface area contributed by atoms with Crippen LogP contribution in [0.15, 0.2) is 23.1 Å². The number of fused-ring (bicyclic) bond motifs is 1. The van der Waals surface area contributed by atoms with Gasteiger partial charge in [0.05, 0.1) is 11.7 Å². The fourth-order valence-corrected chi connectivity index (χ4v) is 3.71. The normalized spacial score (nSPS) is 13.4. The van der Waals surface area contributed by atoms with Crippen LogP contribution in [-0.2, 0) is 19.6 Å². The third-order valence-corrected chi connectivity index (χ3v) is 4.79. The van der Waals surface area contributed by atoms with Crippen molar-refractivity contribution < 1.29 is 23.1 Å². The fraction of sp³-hybridized carbons (Fsp3) is 0.364. The smallest absolute Gasteiger partial charge is 0.321 e. The van der Waals surface area contributed by atoms with Gasteiger partial charge in [0.25, 0.3) is 0 Å². The molecule has 0 bridgehead atoms. The summed E-state index contributed by atoms with van der Waals surface area (Å²) in [4.78, 5) is 11.0. The maximum Gasteiger partial charge on any atom is 0.321 e. The highest BCUT2D eigenvalue weighted by atomic mass is 32.2. The second-order valence-electron chi connectivity index (χ2n) is 4.18. The number of benzene rings is 1. The van der Waals surface area contributed by atoms with E-state index in [1.165, 1.54) is 19.2 Å². The zero-order valence-electron chi connectivity index (χ0n) is 11.0. The Bertz CT molecular complexity index is 743. The van der Waals surface area contributed by atoms with E-state index in [-0.39, 0.29) is 23.4 Å². The van der Waals surface area contributed by atoms with Crippen molar-refractivity contribution >= 4 is 38.8 Å². The van der Waals surface area contributed by atoms with E-state index < -0.39 is 22.0 Å². The number of carboxylic acids is 1. The van der Waals surface area contributed by atoms with Crippen molar-refractivity contribution in [1.29, 1.82) is 0 Å². The lowest BCUT2D eigenvalue weighted by molar-refractivity contribution is -0.139.